The van der Waals surface area contributed by atoms with E-state index in [0.717, 1.165) is 38.1 Å². The zero-order chi connectivity index (χ0) is 19.6. The Bertz CT molecular complexity index is 462. The third-order valence-electron chi connectivity index (χ3n) is 5.90. The van der Waals surface area contributed by atoms with Gasteiger partial charge in [-0.15, -0.1) is 0 Å². The summed E-state index contributed by atoms with van der Waals surface area (Å²) in [6.45, 7) is 10.2. The number of hydrogen-bond donors (Lipinski definition) is 0. The summed E-state index contributed by atoms with van der Waals surface area (Å²) in [5.41, 5.74) is 3.24. The lowest BCUT2D eigenvalue weighted by atomic mass is 9.98. The molecule has 3 nitrogen and oxygen atoms in total. The number of rotatable bonds is 12. The fraction of sp³-hybridized carbons (Fsp3) is 0.818. The van der Waals surface area contributed by atoms with Crippen LogP contribution in [0, 0.1) is 0 Å². The Balaban J connectivity index is 1.98. The molecule has 2 aliphatic carbocycles. The summed E-state index contributed by atoms with van der Waals surface area (Å²) < 4.78 is 19.4. The van der Waals surface area contributed by atoms with E-state index in [-0.39, 0.29) is 0 Å². The van der Waals surface area contributed by atoms with E-state index in [1.54, 1.807) is 11.1 Å². The molecule has 2 atom stereocenters. The lowest BCUT2D eigenvalue weighted by molar-refractivity contribution is 0.199. The molecule has 2 aliphatic rings. The summed E-state index contributed by atoms with van der Waals surface area (Å²) in [4.78, 5) is 0. The predicted octanol–water partition coefficient (Wildman–Crippen LogP) is 7.00. The van der Waals surface area contributed by atoms with Crippen LogP contribution in [0.2, 0.25) is 25.2 Å². The number of hydrogen-bond acceptors (Lipinski definition) is 3. The van der Waals surface area contributed by atoms with Gasteiger partial charge in [0.25, 0.3) is 0 Å². The molecular weight excluding hydrogens is 368 g/mol. The van der Waals surface area contributed by atoms with Crippen molar-refractivity contribution in [3.8, 4) is 0 Å². The Morgan fingerprint density at radius 1 is 0.741 bits per heavy atom. The van der Waals surface area contributed by atoms with Crippen molar-refractivity contribution >= 4 is 17.1 Å². The quantitative estimate of drug-likeness (QED) is 0.256. The molecule has 0 saturated heterocycles. The topological polar surface area (TPSA) is 27.7 Å². The van der Waals surface area contributed by atoms with Crippen LogP contribution in [0.5, 0.6) is 0 Å². The maximum absolute atomic E-state index is 6.87. The van der Waals surface area contributed by atoms with Crippen LogP contribution in [-0.2, 0) is 13.0 Å². The minimum Gasteiger partial charge on any atom is -0.415 e. The first-order valence-corrected chi connectivity index (χ1v) is 16.4. The Morgan fingerprint density at radius 3 is 1.52 bits per heavy atom. The van der Waals surface area contributed by atoms with Crippen LogP contribution < -0.4 is 0 Å². The Hall–Kier alpha value is -0.206. The van der Waals surface area contributed by atoms with E-state index in [1.165, 1.54) is 51.4 Å². The van der Waals surface area contributed by atoms with Crippen LogP contribution in [0.1, 0.15) is 78.1 Å². The highest BCUT2D eigenvalue weighted by Crippen LogP contribution is 2.31. The summed E-state index contributed by atoms with van der Waals surface area (Å²) in [6, 6.07) is 2.12. The highest BCUT2D eigenvalue weighted by molar-refractivity contribution is 6.80. The summed E-state index contributed by atoms with van der Waals surface area (Å²) in [5.74, 6) is 0. The first-order valence-electron chi connectivity index (χ1n) is 11.3. The Kier molecular flexibility index (Phi) is 10.0. The van der Waals surface area contributed by atoms with Gasteiger partial charge in [-0.2, -0.15) is 0 Å². The SMILES string of the molecule is CCO[Si](C)(CCC1=CCCCC1)O[Si](C)(CCC1=CCCCC1)OCC. The highest BCUT2D eigenvalue weighted by Gasteiger charge is 2.42. The van der Waals surface area contributed by atoms with Gasteiger partial charge >= 0.3 is 17.1 Å². The second kappa shape index (κ2) is 11.7. The van der Waals surface area contributed by atoms with Gasteiger partial charge in [0.15, 0.2) is 0 Å². The first kappa shape index (κ1) is 23.1. The molecule has 0 fully saturated rings. The van der Waals surface area contributed by atoms with Gasteiger partial charge in [0.2, 0.25) is 0 Å². The maximum atomic E-state index is 6.87. The number of allylic oxidation sites excluding steroid dienone is 4. The zero-order valence-corrected chi connectivity index (χ0v) is 20.3. The summed E-state index contributed by atoms with van der Waals surface area (Å²) in [5, 5.41) is 0. The average molecular weight is 411 g/mol. The highest BCUT2D eigenvalue weighted by atomic mass is 28.5. The van der Waals surface area contributed by atoms with E-state index in [4.69, 9.17) is 13.0 Å². The molecule has 27 heavy (non-hydrogen) atoms. The minimum absolute atomic E-state index is 0.740. The fourth-order valence-electron chi connectivity index (χ4n) is 4.41. The van der Waals surface area contributed by atoms with Gasteiger partial charge in [-0.25, -0.2) is 0 Å². The molecule has 0 amide bonds. The van der Waals surface area contributed by atoms with Crippen molar-refractivity contribution < 1.29 is 13.0 Å². The van der Waals surface area contributed by atoms with Gasteiger partial charge in [0.1, 0.15) is 0 Å². The molecule has 2 rings (SSSR count). The molecule has 0 bridgehead atoms. The third kappa shape index (κ3) is 8.36. The molecule has 0 aromatic heterocycles. The minimum atomic E-state index is -2.22. The molecule has 0 aliphatic heterocycles. The Morgan fingerprint density at radius 2 is 1.19 bits per heavy atom. The van der Waals surface area contributed by atoms with Crippen LogP contribution in [0.3, 0.4) is 0 Å². The predicted molar refractivity (Wildman–Crippen MR) is 120 cm³/mol. The van der Waals surface area contributed by atoms with Crippen molar-refractivity contribution in [1.29, 1.82) is 0 Å². The van der Waals surface area contributed by atoms with Crippen molar-refractivity contribution in [3.63, 3.8) is 0 Å². The van der Waals surface area contributed by atoms with Gasteiger partial charge in [-0.3, -0.25) is 0 Å². The van der Waals surface area contributed by atoms with Crippen LogP contribution >= 0.6 is 0 Å². The molecule has 2 unspecified atom stereocenters. The van der Waals surface area contributed by atoms with Gasteiger partial charge in [0.05, 0.1) is 0 Å². The van der Waals surface area contributed by atoms with E-state index < -0.39 is 17.1 Å². The van der Waals surface area contributed by atoms with Crippen LogP contribution in [0.25, 0.3) is 0 Å². The molecule has 0 heterocycles. The zero-order valence-electron chi connectivity index (χ0n) is 18.3. The average Bonchev–Trinajstić information content (AvgIpc) is 2.67. The van der Waals surface area contributed by atoms with E-state index >= 15 is 0 Å². The summed E-state index contributed by atoms with van der Waals surface area (Å²) in [7, 11) is -4.43. The van der Waals surface area contributed by atoms with Gasteiger partial charge < -0.3 is 13.0 Å². The molecule has 0 saturated carbocycles. The first-order chi connectivity index (χ1) is 13.0. The largest absolute Gasteiger partial charge is 0.415 e. The van der Waals surface area contributed by atoms with Gasteiger partial charge in [-0.05, 0) is 103 Å². The summed E-state index contributed by atoms with van der Waals surface area (Å²) >= 11 is 0. The van der Waals surface area contributed by atoms with Crippen molar-refractivity contribution in [1.82, 2.24) is 0 Å². The molecule has 156 valence electrons. The third-order valence-corrected chi connectivity index (χ3v) is 13.5. The van der Waals surface area contributed by atoms with E-state index in [2.05, 4.69) is 39.1 Å². The van der Waals surface area contributed by atoms with E-state index in [1.807, 2.05) is 0 Å². The van der Waals surface area contributed by atoms with Crippen LogP contribution in [0.15, 0.2) is 23.3 Å². The van der Waals surface area contributed by atoms with E-state index in [0.29, 0.717) is 0 Å². The van der Waals surface area contributed by atoms with E-state index in [9.17, 15) is 0 Å². The second-order valence-corrected chi connectivity index (χ2v) is 15.4. The molecule has 0 spiro atoms. The van der Waals surface area contributed by atoms with Gasteiger partial charge in [0, 0.05) is 13.2 Å². The molecule has 0 radical (unpaired) electrons. The molecule has 0 N–H and O–H groups in total. The summed E-state index contributed by atoms with van der Waals surface area (Å²) in [6.07, 6.45) is 17.6. The van der Waals surface area contributed by atoms with Crippen molar-refractivity contribution in [3.05, 3.63) is 23.3 Å². The standard InChI is InChI=1S/C22H42O3Si2/c1-5-23-26(3,19-17-21-13-9-7-10-14-21)25-27(4,24-6-2)20-18-22-15-11-8-12-16-22/h13,15H,5-12,14,16-20H2,1-4H3. The lowest BCUT2D eigenvalue weighted by Gasteiger charge is -2.37. The lowest BCUT2D eigenvalue weighted by Crippen LogP contribution is -2.52. The van der Waals surface area contributed by atoms with Crippen molar-refractivity contribution in [2.75, 3.05) is 13.2 Å². The molecule has 0 aromatic rings. The second-order valence-electron chi connectivity index (χ2n) is 8.45. The van der Waals surface area contributed by atoms with Crippen LogP contribution in [0.4, 0.5) is 0 Å². The fourth-order valence-corrected chi connectivity index (χ4v) is 12.4. The van der Waals surface area contributed by atoms with Crippen molar-refractivity contribution in [2.24, 2.45) is 0 Å². The maximum Gasteiger partial charge on any atom is 0.326 e. The Labute approximate surface area is 170 Å². The van der Waals surface area contributed by atoms with Crippen LogP contribution in [-0.4, -0.2) is 30.3 Å². The smallest absolute Gasteiger partial charge is 0.326 e. The molecular formula is C22H42O3Si2. The molecule has 0 aromatic carbocycles. The monoisotopic (exact) mass is 410 g/mol. The van der Waals surface area contributed by atoms with Crippen molar-refractivity contribution in [2.45, 2.75) is 103 Å². The molecule has 5 heteroatoms. The van der Waals surface area contributed by atoms with Gasteiger partial charge in [-0.1, -0.05) is 23.3 Å². The normalized spacial score (nSPS) is 22.5.